The van der Waals surface area contributed by atoms with Gasteiger partial charge in [-0.2, -0.15) is 5.10 Å². The number of ketones is 1. The molecule has 1 saturated heterocycles. The van der Waals surface area contributed by atoms with Crippen LogP contribution in [0.2, 0.25) is 0 Å². The molecule has 0 spiro atoms. The summed E-state index contributed by atoms with van der Waals surface area (Å²) in [4.78, 5) is 25.1. The number of hydrogen-bond donors (Lipinski definition) is 0. The number of carbonyl (C=O) groups excluding carboxylic acids is 1. The average Bonchev–Trinajstić information content (AvgIpc) is 2.75. The number of ether oxygens (including phenoxy) is 1. The zero-order valence-corrected chi connectivity index (χ0v) is 10.9. The second-order valence-corrected chi connectivity index (χ2v) is 4.69. The molecule has 106 valence electrons. The Balaban J connectivity index is 2.31. The van der Waals surface area contributed by atoms with Gasteiger partial charge in [-0.25, -0.2) is 0 Å². The molecule has 2 rings (SSSR count). The van der Waals surface area contributed by atoms with Crippen molar-refractivity contribution >= 4 is 11.5 Å². The number of hydrogen-bond acceptors (Lipinski definition) is 6. The fourth-order valence-corrected chi connectivity index (χ4v) is 2.10. The van der Waals surface area contributed by atoms with Gasteiger partial charge in [0, 0.05) is 18.4 Å². The molecule has 0 saturated carbocycles. The monoisotopic (exact) mass is 280 g/mol. The molecule has 0 unspecified atom stereocenters. The fourth-order valence-electron chi connectivity index (χ4n) is 2.10. The van der Waals surface area contributed by atoms with Crippen molar-refractivity contribution in [3.63, 3.8) is 0 Å². The number of azide groups is 1. The highest BCUT2D eigenvalue weighted by atomic mass is 16.6. The van der Waals surface area contributed by atoms with Crippen LogP contribution in [-0.2, 0) is 16.6 Å². The molecule has 0 radical (unpaired) electrons. The molecule has 0 bridgehead atoms. The minimum Gasteiger partial charge on any atom is -0.370 e. The Bertz CT molecular complexity index is 619. The number of aryl methyl sites for hydroxylation is 1. The lowest BCUT2D eigenvalue weighted by Crippen LogP contribution is -2.44. The van der Waals surface area contributed by atoms with Gasteiger partial charge in [-0.3, -0.25) is 19.6 Å². The third-order valence-corrected chi connectivity index (χ3v) is 3.27. The molecule has 1 aromatic heterocycles. The van der Waals surface area contributed by atoms with Gasteiger partial charge in [0.05, 0.1) is 11.5 Å². The lowest BCUT2D eigenvalue weighted by atomic mass is 9.90. The van der Waals surface area contributed by atoms with Crippen molar-refractivity contribution in [2.75, 3.05) is 6.61 Å². The zero-order chi connectivity index (χ0) is 14.9. The summed E-state index contributed by atoms with van der Waals surface area (Å²) in [5, 5.41) is 18.2. The van der Waals surface area contributed by atoms with Crippen LogP contribution in [0, 0.1) is 10.1 Å². The van der Waals surface area contributed by atoms with Crippen LogP contribution in [0.3, 0.4) is 0 Å². The SMILES string of the molecule is Cn1ncc([N+](=O)[O-])c1[C@H]1CC(=O)[C@@](C)(N=[N+]=[N-])CO1. The van der Waals surface area contributed by atoms with Crippen molar-refractivity contribution in [1.29, 1.82) is 0 Å². The van der Waals surface area contributed by atoms with Crippen LogP contribution in [0.25, 0.3) is 10.4 Å². The average molecular weight is 280 g/mol. The van der Waals surface area contributed by atoms with Gasteiger partial charge in [-0.05, 0) is 12.5 Å². The molecule has 1 fully saturated rings. The summed E-state index contributed by atoms with van der Waals surface area (Å²) < 4.78 is 6.79. The van der Waals surface area contributed by atoms with E-state index in [9.17, 15) is 14.9 Å². The van der Waals surface area contributed by atoms with E-state index in [2.05, 4.69) is 15.1 Å². The summed E-state index contributed by atoms with van der Waals surface area (Å²) in [6, 6.07) is 0. The molecule has 20 heavy (non-hydrogen) atoms. The summed E-state index contributed by atoms with van der Waals surface area (Å²) in [7, 11) is 1.54. The molecule has 1 aromatic rings. The van der Waals surface area contributed by atoms with Crippen molar-refractivity contribution in [1.82, 2.24) is 9.78 Å². The van der Waals surface area contributed by atoms with E-state index in [-0.39, 0.29) is 30.2 Å². The zero-order valence-electron chi connectivity index (χ0n) is 10.9. The van der Waals surface area contributed by atoms with E-state index in [0.717, 1.165) is 6.20 Å². The molecule has 1 aliphatic heterocycles. The van der Waals surface area contributed by atoms with E-state index < -0.39 is 16.6 Å². The lowest BCUT2D eigenvalue weighted by molar-refractivity contribution is -0.386. The maximum atomic E-state index is 12.1. The number of aromatic nitrogens is 2. The van der Waals surface area contributed by atoms with Crippen LogP contribution in [0.4, 0.5) is 5.69 Å². The van der Waals surface area contributed by atoms with E-state index in [0.29, 0.717) is 0 Å². The maximum absolute atomic E-state index is 12.1. The van der Waals surface area contributed by atoms with Gasteiger partial charge >= 0.3 is 5.69 Å². The topological polar surface area (TPSA) is 136 Å². The van der Waals surface area contributed by atoms with Crippen LogP contribution in [0.1, 0.15) is 25.1 Å². The summed E-state index contributed by atoms with van der Waals surface area (Å²) in [6.45, 7) is 1.35. The van der Waals surface area contributed by atoms with Crippen LogP contribution >= 0.6 is 0 Å². The summed E-state index contributed by atoms with van der Waals surface area (Å²) >= 11 is 0. The van der Waals surface area contributed by atoms with Crippen LogP contribution in [-0.4, -0.2) is 32.6 Å². The highest BCUT2D eigenvalue weighted by Crippen LogP contribution is 2.35. The van der Waals surface area contributed by atoms with Crippen LogP contribution in [0.5, 0.6) is 0 Å². The van der Waals surface area contributed by atoms with Crippen molar-refractivity contribution in [3.8, 4) is 0 Å². The molecular formula is C10H12N6O4. The number of nitro groups is 1. The van der Waals surface area contributed by atoms with Crippen molar-refractivity contribution in [2.45, 2.75) is 25.0 Å². The van der Waals surface area contributed by atoms with Gasteiger partial charge < -0.3 is 4.74 Å². The fraction of sp³-hybridized carbons (Fsp3) is 0.600. The maximum Gasteiger partial charge on any atom is 0.312 e. The predicted octanol–water partition coefficient (Wildman–Crippen LogP) is 1.43. The number of carbonyl (C=O) groups is 1. The minimum absolute atomic E-state index is 0.101. The second-order valence-electron chi connectivity index (χ2n) is 4.69. The molecule has 10 nitrogen and oxygen atoms in total. The summed E-state index contributed by atoms with van der Waals surface area (Å²) in [5.41, 5.74) is 7.23. The van der Waals surface area contributed by atoms with E-state index >= 15 is 0 Å². The van der Waals surface area contributed by atoms with E-state index in [4.69, 9.17) is 10.3 Å². The molecular weight excluding hydrogens is 268 g/mol. The molecule has 0 N–H and O–H groups in total. The summed E-state index contributed by atoms with van der Waals surface area (Å²) in [6.07, 6.45) is 0.248. The minimum atomic E-state index is -1.27. The third kappa shape index (κ3) is 2.22. The van der Waals surface area contributed by atoms with Gasteiger partial charge in [0.2, 0.25) is 0 Å². The Morgan fingerprint density at radius 3 is 3.00 bits per heavy atom. The van der Waals surface area contributed by atoms with Gasteiger partial charge in [0.15, 0.2) is 0 Å². The highest BCUT2D eigenvalue weighted by Gasteiger charge is 2.42. The van der Waals surface area contributed by atoms with Crippen molar-refractivity contribution in [3.05, 3.63) is 32.4 Å². The van der Waals surface area contributed by atoms with Crippen molar-refractivity contribution < 1.29 is 14.5 Å². The molecule has 2 heterocycles. The standard InChI is InChI=1S/C10H12N6O4/c1-10(13-14-11)5-20-7(3-8(10)17)9-6(16(18)19)4-12-15(9)2/h4,7H,3,5H2,1-2H3/t7-,10+/m1/s1. The molecule has 10 heteroatoms. The van der Waals surface area contributed by atoms with Crippen molar-refractivity contribution in [2.24, 2.45) is 12.2 Å². The Morgan fingerprint density at radius 2 is 2.45 bits per heavy atom. The third-order valence-electron chi connectivity index (χ3n) is 3.27. The second kappa shape index (κ2) is 4.91. The largest absolute Gasteiger partial charge is 0.370 e. The number of nitrogens with zero attached hydrogens (tertiary/aromatic N) is 6. The van der Waals surface area contributed by atoms with Gasteiger partial charge in [0.1, 0.15) is 29.3 Å². The molecule has 0 amide bonds. The first kappa shape index (κ1) is 14.0. The Labute approximate surface area is 113 Å². The van der Waals surface area contributed by atoms with Gasteiger partial charge in [-0.1, -0.05) is 5.11 Å². The van der Waals surface area contributed by atoms with Crippen LogP contribution in [0.15, 0.2) is 11.3 Å². The Kier molecular flexibility index (Phi) is 3.43. The van der Waals surface area contributed by atoms with Gasteiger partial charge in [0.25, 0.3) is 0 Å². The first-order valence-corrected chi connectivity index (χ1v) is 5.76. The van der Waals surface area contributed by atoms with Gasteiger partial charge in [-0.15, -0.1) is 0 Å². The first-order valence-electron chi connectivity index (χ1n) is 5.76. The number of rotatable bonds is 3. The molecule has 2 atom stereocenters. The lowest BCUT2D eigenvalue weighted by Gasteiger charge is -2.32. The predicted molar refractivity (Wildman–Crippen MR) is 65.7 cm³/mol. The summed E-state index contributed by atoms with van der Waals surface area (Å²) in [5.74, 6) is -0.318. The Hall–Kier alpha value is -2.45. The number of Topliss-reactive ketones (excluding diaryl/α,β-unsaturated/α-hetero) is 1. The smallest absolute Gasteiger partial charge is 0.312 e. The van der Waals surface area contributed by atoms with E-state index in [1.807, 2.05) is 0 Å². The quantitative estimate of drug-likeness (QED) is 0.271. The van der Waals surface area contributed by atoms with Crippen LogP contribution < -0.4 is 0 Å². The Morgan fingerprint density at radius 1 is 1.75 bits per heavy atom. The normalized spacial score (nSPS) is 26.1. The van der Waals surface area contributed by atoms with E-state index in [1.54, 1.807) is 0 Å². The molecule has 0 aromatic carbocycles. The highest BCUT2D eigenvalue weighted by molar-refractivity contribution is 5.89. The van der Waals surface area contributed by atoms with E-state index in [1.165, 1.54) is 18.7 Å². The molecule has 1 aliphatic rings. The molecule has 0 aliphatic carbocycles. The first-order chi connectivity index (χ1) is 9.39.